The molecular weight excluding hydrogens is 472 g/mol. The van der Waals surface area contributed by atoms with Crippen LogP contribution < -0.4 is 38.9 Å². The number of nitrogens with one attached hydrogen (secondary N) is 3. The number of unbranched alkanes of at least 4 members (excludes halogenated alkanes) is 1. The molecule has 0 fully saturated rings. The summed E-state index contributed by atoms with van der Waals surface area (Å²) in [5.41, 5.74) is 21.8. The number of nitrogens with two attached hydrogens (primary N) is 4. The predicted octanol–water partition coefficient (Wildman–Crippen LogP) is -2.54. The van der Waals surface area contributed by atoms with Gasteiger partial charge in [-0.15, -0.1) is 0 Å². The number of carboxylic acid groups (broad SMARTS) is 1. The summed E-state index contributed by atoms with van der Waals surface area (Å²) in [5.74, 6) is -3.79. The Morgan fingerprint density at radius 3 is 1.97 bits per heavy atom. The van der Waals surface area contributed by atoms with Gasteiger partial charge in [0.1, 0.15) is 18.1 Å². The molecule has 0 spiro atoms. The number of rotatable bonds is 18. The number of guanidine groups is 1. The number of amides is 3. The van der Waals surface area contributed by atoms with Gasteiger partial charge in [-0.2, -0.15) is 0 Å². The Morgan fingerprint density at radius 2 is 1.47 bits per heavy atom. The number of hydrogen-bond acceptors (Lipinski definition) is 8. The molecule has 0 aromatic carbocycles. The Bertz CT molecular complexity index is 744. The standard InChI is InChI=1S/C22H44N8O6/c1-4-12(2)16(19(33)28-15(21(35)36)9-5-6-10-23)29-20(34)17(13(3)31)30-18(32)14(24)8-7-11-27-22(25)26/h12-17,31H,4-11,23-24H2,1-3H3,(H,28,33)(H,29,34)(H,30,32)(H,35,36)(H4,25,26,27). The lowest BCUT2D eigenvalue weighted by Crippen LogP contribution is -2.61. The summed E-state index contributed by atoms with van der Waals surface area (Å²) < 4.78 is 0. The fourth-order valence-corrected chi connectivity index (χ4v) is 3.27. The normalized spacial score (nSPS) is 15.9. The van der Waals surface area contributed by atoms with Crippen molar-refractivity contribution < 1.29 is 29.4 Å². The number of aliphatic imine (C=N–C) groups is 1. The van der Waals surface area contributed by atoms with Crippen molar-refractivity contribution in [1.29, 1.82) is 0 Å². The predicted molar refractivity (Wildman–Crippen MR) is 135 cm³/mol. The summed E-state index contributed by atoms with van der Waals surface area (Å²) in [6.07, 6.45) is 1.15. The van der Waals surface area contributed by atoms with Gasteiger partial charge in [-0.25, -0.2) is 4.79 Å². The van der Waals surface area contributed by atoms with Gasteiger partial charge in [0.2, 0.25) is 17.7 Å². The maximum atomic E-state index is 13.0. The molecule has 0 heterocycles. The summed E-state index contributed by atoms with van der Waals surface area (Å²) >= 11 is 0. The molecule has 0 aliphatic carbocycles. The van der Waals surface area contributed by atoms with Crippen LogP contribution in [0, 0.1) is 5.92 Å². The van der Waals surface area contributed by atoms with Crippen molar-refractivity contribution in [3.05, 3.63) is 0 Å². The molecule has 208 valence electrons. The van der Waals surface area contributed by atoms with E-state index in [2.05, 4.69) is 20.9 Å². The monoisotopic (exact) mass is 516 g/mol. The smallest absolute Gasteiger partial charge is 0.326 e. The van der Waals surface area contributed by atoms with Gasteiger partial charge < -0.3 is 49.1 Å². The van der Waals surface area contributed by atoms with Gasteiger partial charge in [-0.1, -0.05) is 20.3 Å². The number of aliphatic hydroxyl groups is 1. The third-order valence-electron chi connectivity index (χ3n) is 5.72. The molecule has 0 aliphatic rings. The van der Waals surface area contributed by atoms with Gasteiger partial charge in [0.05, 0.1) is 12.1 Å². The fraction of sp³-hybridized carbons (Fsp3) is 0.773. The van der Waals surface area contributed by atoms with Crippen LogP contribution in [0.15, 0.2) is 4.99 Å². The lowest BCUT2D eigenvalue weighted by atomic mass is 9.96. The molecule has 0 radical (unpaired) electrons. The van der Waals surface area contributed by atoms with Gasteiger partial charge in [0.25, 0.3) is 0 Å². The summed E-state index contributed by atoms with van der Waals surface area (Å²) in [5, 5.41) is 27.0. The number of carbonyl (C=O) groups excluding carboxylic acids is 3. The lowest BCUT2D eigenvalue weighted by Gasteiger charge is -2.29. The van der Waals surface area contributed by atoms with E-state index in [1.807, 2.05) is 6.92 Å². The number of carboxylic acids is 1. The van der Waals surface area contributed by atoms with Crippen LogP contribution in [0.3, 0.4) is 0 Å². The summed E-state index contributed by atoms with van der Waals surface area (Å²) in [6.45, 7) is 5.52. The first kappa shape index (κ1) is 33.0. The highest BCUT2D eigenvalue weighted by molar-refractivity contribution is 5.94. The maximum Gasteiger partial charge on any atom is 0.326 e. The first-order chi connectivity index (χ1) is 16.8. The molecule has 14 heteroatoms. The Kier molecular flexibility index (Phi) is 16.0. The summed E-state index contributed by atoms with van der Waals surface area (Å²) in [6, 6.07) is -4.60. The van der Waals surface area contributed by atoms with Gasteiger partial charge in [-0.05, 0) is 51.5 Å². The molecule has 0 aromatic rings. The van der Waals surface area contributed by atoms with Gasteiger partial charge >= 0.3 is 5.97 Å². The van der Waals surface area contributed by atoms with E-state index in [4.69, 9.17) is 22.9 Å². The topological polar surface area (TPSA) is 261 Å². The molecule has 6 unspecified atom stereocenters. The van der Waals surface area contributed by atoms with Crippen LogP contribution in [-0.4, -0.2) is 83.2 Å². The van der Waals surface area contributed by atoms with Crippen LogP contribution in [0.25, 0.3) is 0 Å². The fourth-order valence-electron chi connectivity index (χ4n) is 3.27. The second kappa shape index (κ2) is 17.5. The van der Waals surface area contributed by atoms with Crippen molar-refractivity contribution in [1.82, 2.24) is 16.0 Å². The molecule has 0 rings (SSSR count). The molecule has 3 amide bonds. The number of aliphatic carboxylic acids is 1. The second-order valence-electron chi connectivity index (χ2n) is 8.84. The van der Waals surface area contributed by atoms with Crippen LogP contribution in [-0.2, 0) is 19.2 Å². The third-order valence-corrected chi connectivity index (χ3v) is 5.72. The zero-order valence-corrected chi connectivity index (χ0v) is 21.4. The van der Waals surface area contributed by atoms with Crippen molar-refractivity contribution in [2.75, 3.05) is 13.1 Å². The van der Waals surface area contributed by atoms with Crippen LogP contribution in [0.2, 0.25) is 0 Å². The molecule has 6 atom stereocenters. The van der Waals surface area contributed by atoms with E-state index in [0.717, 1.165) is 0 Å². The van der Waals surface area contributed by atoms with E-state index in [-0.39, 0.29) is 31.3 Å². The van der Waals surface area contributed by atoms with E-state index < -0.39 is 54.0 Å². The Balaban J connectivity index is 5.33. The average molecular weight is 517 g/mol. The summed E-state index contributed by atoms with van der Waals surface area (Å²) in [7, 11) is 0. The molecule has 0 aromatic heterocycles. The molecule has 36 heavy (non-hydrogen) atoms. The quantitative estimate of drug-likeness (QED) is 0.0523. The molecular formula is C22H44N8O6. The zero-order chi connectivity index (χ0) is 27.8. The minimum absolute atomic E-state index is 0.0796. The van der Waals surface area contributed by atoms with Crippen LogP contribution in [0.5, 0.6) is 0 Å². The Labute approximate surface area is 212 Å². The zero-order valence-electron chi connectivity index (χ0n) is 21.4. The van der Waals surface area contributed by atoms with E-state index in [1.165, 1.54) is 6.92 Å². The van der Waals surface area contributed by atoms with Crippen molar-refractivity contribution in [2.45, 2.75) is 89.6 Å². The Morgan fingerprint density at radius 1 is 0.889 bits per heavy atom. The van der Waals surface area contributed by atoms with E-state index in [9.17, 15) is 29.4 Å². The van der Waals surface area contributed by atoms with Crippen LogP contribution in [0.1, 0.15) is 59.3 Å². The van der Waals surface area contributed by atoms with Crippen molar-refractivity contribution in [2.24, 2.45) is 33.8 Å². The van der Waals surface area contributed by atoms with Gasteiger partial charge in [0.15, 0.2) is 5.96 Å². The molecule has 14 nitrogen and oxygen atoms in total. The first-order valence-electron chi connectivity index (χ1n) is 12.2. The SMILES string of the molecule is CCC(C)C(NC(=O)C(NC(=O)C(N)CCCN=C(N)N)C(C)O)C(=O)NC(CCCCN)C(=O)O. The highest BCUT2D eigenvalue weighted by Crippen LogP contribution is 2.11. The minimum Gasteiger partial charge on any atom is -0.480 e. The highest BCUT2D eigenvalue weighted by atomic mass is 16.4. The second-order valence-corrected chi connectivity index (χ2v) is 8.84. The van der Waals surface area contributed by atoms with Crippen molar-refractivity contribution >= 4 is 29.7 Å². The van der Waals surface area contributed by atoms with Crippen LogP contribution in [0.4, 0.5) is 0 Å². The first-order valence-corrected chi connectivity index (χ1v) is 12.2. The Hall–Kier alpha value is -2.97. The number of nitrogens with zero attached hydrogens (tertiary/aromatic N) is 1. The summed E-state index contributed by atoms with van der Waals surface area (Å²) in [4.78, 5) is 53.8. The minimum atomic E-state index is -1.39. The maximum absolute atomic E-state index is 13.0. The van der Waals surface area contributed by atoms with E-state index in [0.29, 0.717) is 32.2 Å². The largest absolute Gasteiger partial charge is 0.480 e. The highest BCUT2D eigenvalue weighted by Gasteiger charge is 2.34. The lowest BCUT2D eigenvalue weighted by molar-refractivity contribution is -0.143. The molecule has 0 saturated carbocycles. The number of hydrogen-bond donors (Lipinski definition) is 9. The molecule has 13 N–H and O–H groups in total. The van der Waals surface area contributed by atoms with E-state index in [1.54, 1.807) is 6.92 Å². The molecule has 0 saturated heterocycles. The third kappa shape index (κ3) is 12.7. The molecule has 0 bridgehead atoms. The van der Waals surface area contributed by atoms with Gasteiger partial charge in [0, 0.05) is 6.54 Å². The van der Waals surface area contributed by atoms with E-state index >= 15 is 0 Å². The van der Waals surface area contributed by atoms with Gasteiger partial charge in [-0.3, -0.25) is 19.4 Å². The van der Waals surface area contributed by atoms with Crippen molar-refractivity contribution in [3.8, 4) is 0 Å². The van der Waals surface area contributed by atoms with Crippen LogP contribution >= 0.6 is 0 Å². The average Bonchev–Trinajstić information content (AvgIpc) is 2.81. The number of aliphatic hydroxyl groups excluding tert-OH is 1. The molecule has 0 aliphatic heterocycles. The number of carbonyl (C=O) groups is 4. The van der Waals surface area contributed by atoms with Crippen molar-refractivity contribution in [3.63, 3.8) is 0 Å².